The molecule has 0 atom stereocenters. The van der Waals surface area contributed by atoms with Gasteiger partial charge in [-0.25, -0.2) is 0 Å². The molecule has 0 spiro atoms. The van der Waals surface area contributed by atoms with Crippen LogP contribution < -0.4 is 10.1 Å². The summed E-state index contributed by atoms with van der Waals surface area (Å²) in [7, 11) is 1.69. The van der Waals surface area contributed by atoms with Crippen LogP contribution in [0.1, 0.15) is 12.5 Å². The molecule has 2 aromatic carbocycles. The lowest BCUT2D eigenvalue weighted by Crippen LogP contribution is -1.84. The first-order valence-electron chi connectivity index (χ1n) is 5.82. The molecule has 1 N–H and O–H groups in total. The maximum Gasteiger partial charge on any atom is 0.119 e. The minimum atomic E-state index is 0.944. The number of benzene rings is 2. The van der Waals surface area contributed by atoms with E-state index >= 15 is 0 Å². The summed E-state index contributed by atoms with van der Waals surface area (Å²) in [6.45, 7) is 2.13. The van der Waals surface area contributed by atoms with Crippen LogP contribution in [0.25, 0.3) is 0 Å². The van der Waals surface area contributed by atoms with Crippen molar-refractivity contribution in [1.29, 1.82) is 0 Å². The Morgan fingerprint density at radius 3 is 2.24 bits per heavy atom. The quantitative estimate of drug-likeness (QED) is 0.671. The second kappa shape index (κ2) is 5.39. The number of rotatable bonds is 2. The first-order chi connectivity index (χ1) is 8.33. The molecule has 0 fully saturated rings. The molecule has 3 rings (SSSR count). The molecule has 2 aromatic rings. The number of hydrogen-bond donors (Lipinski definition) is 1. The fourth-order valence-corrected chi connectivity index (χ4v) is 1.57. The van der Waals surface area contributed by atoms with Gasteiger partial charge in [-0.3, -0.25) is 0 Å². The number of anilines is 2. The lowest BCUT2D eigenvalue weighted by molar-refractivity contribution is 0.414. The van der Waals surface area contributed by atoms with Gasteiger partial charge >= 0.3 is 0 Å². The largest absolute Gasteiger partial charge is 0.497 e. The van der Waals surface area contributed by atoms with Crippen molar-refractivity contribution in [1.82, 2.24) is 0 Å². The van der Waals surface area contributed by atoms with E-state index in [0.29, 0.717) is 0 Å². The number of aryl methyl sites for hydroxylation is 1. The molecule has 17 heavy (non-hydrogen) atoms. The summed E-state index contributed by atoms with van der Waals surface area (Å²) in [5, 5.41) is 3.09. The molecule has 0 unspecified atom stereocenters. The average molecular weight is 227 g/mol. The number of para-hydroxylation sites is 2. The van der Waals surface area contributed by atoms with Crippen LogP contribution in [-0.2, 0) is 6.42 Å². The van der Waals surface area contributed by atoms with Crippen LogP contribution in [0.15, 0.2) is 48.5 Å². The third-order valence-corrected chi connectivity index (χ3v) is 2.68. The highest BCUT2D eigenvalue weighted by Crippen LogP contribution is 2.36. The molecule has 1 aliphatic heterocycles. The van der Waals surface area contributed by atoms with E-state index in [1.54, 1.807) is 7.11 Å². The van der Waals surface area contributed by atoms with E-state index in [1.165, 1.54) is 16.9 Å². The predicted octanol–water partition coefficient (Wildman–Crippen LogP) is 4.00. The fourth-order valence-electron chi connectivity index (χ4n) is 1.57. The van der Waals surface area contributed by atoms with Crippen molar-refractivity contribution in [2.45, 2.75) is 13.3 Å². The minimum Gasteiger partial charge on any atom is -0.497 e. The Hall–Kier alpha value is -1.96. The average Bonchev–Trinajstić information content (AvgIpc) is 3.18. The van der Waals surface area contributed by atoms with Crippen molar-refractivity contribution >= 4 is 11.4 Å². The molecule has 0 radical (unpaired) electrons. The van der Waals surface area contributed by atoms with Gasteiger partial charge in [0.05, 0.1) is 18.5 Å². The van der Waals surface area contributed by atoms with Crippen molar-refractivity contribution in [3.05, 3.63) is 54.1 Å². The van der Waals surface area contributed by atoms with E-state index < -0.39 is 0 Å². The first-order valence-corrected chi connectivity index (χ1v) is 5.82. The topological polar surface area (TPSA) is 31.2 Å². The summed E-state index contributed by atoms with van der Waals surface area (Å²) in [5.41, 5.74) is 3.88. The van der Waals surface area contributed by atoms with Crippen molar-refractivity contribution in [3.63, 3.8) is 0 Å². The molecular weight excluding hydrogens is 210 g/mol. The van der Waals surface area contributed by atoms with Crippen LogP contribution in [0.3, 0.4) is 0 Å². The van der Waals surface area contributed by atoms with Crippen molar-refractivity contribution in [2.24, 2.45) is 0 Å². The Labute approximate surface area is 102 Å². The smallest absolute Gasteiger partial charge is 0.119 e. The minimum absolute atomic E-state index is 0.944. The number of nitrogens with one attached hydrogen (secondary N) is 1. The van der Waals surface area contributed by atoms with Gasteiger partial charge in [-0.2, -0.15) is 0 Å². The Kier molecular flexibility index (Phi) is 3.66. The highest BCUT2D eigenvalue weighted by Gasteiger charge is 2.10. The molecule has 88 valence electrons. The molecule has 0 saturated carbocycles. The van der Waals surface area contributed by atoms with E-state index in [-0.39, 0.29) is 0 Å². The fraction of sp³-hybridized carbons (Fsp3) is 0.200. The molecule has 1 heterocycles. The van der Waals surface area contributed by atoms with E-state index in [9.17, 15) is 0 Å². The Bertz CT molecular complexity index is 454. The normalized spacial score (nSPS) is 10.5. The zero-order valence-corrected chi connectivity index (χ0v) is 10.2. The summed E-state index contributed by atoms with van der Waals surface area (Å²) in [6, 6.07) is 16.3. The summed E-state index contributed by atoms with van der Waals surface area (Å²) in [6.07, 6.45) is 1.07. The zero-order chi connectivity index (χ0) is 12.1. The second-order valence-corrected chi connectivity index (χ2v) is 3.88. The van der Waals surface area contributed by atoms with Gasteiger partial charge < -0.3 is 10.1 Å². The van der Waals surface area contributed by atoms with Crippen LogP contribution >= 0.6 is 0 Å². The zero-order valence-electron chi connectivity index (χ0n) is 10.2. The van der Waals surface area contributed by atoms with Crippen molar-refractivity contribution in [3.8, 4) is 5.75 Å². The second-order valence-electron chi connectivity index (χ2n) is 3.88. The summed E-state index contributed by atoms with van der Waals surface area (Å²) in [4.78, 5) is 0. The summed E-state index contributed by atoms with van der Waals surface area (Å²) < 4.78 is 5.06. The third kappa shape index (κ3) is 3.25. The Morgan fingerprint density at radius 2 is 1.71 bits per heavy atom. The van der Waals surface area contributed by atoms with E-state index in [0.717, 1.165) is 12.2 Å². The molecule has 0 aromatic heterocycles. The van der Waals surface area contributed by atoms with Gasteiger partial charge in [-0.15, -0.1) is 0 Å². The monoisotopic (exact) mass is 227 g/mol. The molecule has 2 heteroatoms. The lowest BCUT2D eigenvalue weighted by atomic mass is 10.2. The molecule has 0 aliphatic carbocycles. The maximum absolute atomic E-state index is 5.06. The Morgan fingerprint density at radius 1 is 1.00 bits per heavy atom. The third-order valence-electron chi connectivity index (χ3n) is 2.68. The van der Waals surface area contributed by atoms with E-state index in [1.807, 2.05) is 24.3 Å². The van der Waals surface area contributed by atoms with Crippen LogP contribution in [0, 0.1) is 0 Å². The van der Waals surface area contributed by atoms with E-state index in [2.05, 4.69) is 36.5 Å². The van der Waals surface area contributed by atoms with Gasteiger partial charge in [0.2, 0.25) is 0 Å². The van der Waals surface area contributed by atoms with Crippen LogP contribution in [0.4, 0.5) is 11.4 Å². The van der Waals surface area contributed by atoms with Crippen molar-refractivity contribution < 1.29 is 4.74 Å². The van der Waals surface area contributed by atoms with Gasteiger partial charge in [0.15, 0.2) is 0 Å². The predicted molar refractivity (Wildman–Crippen MR) is 72.1 cm³/mol. The summed E-state index contributed by atoms with van der Waals surface area (Å²) in [5.74, 6) is 0.944. The van der Waals surface area contributed by atoms with Gasteiger partial charge in [0.1, 0.15) is 5.75 Å². The van der Waals surface area contributed by atoms with Gasteiger partial charge in [0, 0.05) is 0 Å². The molecule has 1 aliphatic rings. The lowest BCUT2D eigenvalue weighted by Gasteiger charge is -2.00. The van der Waals surface area contributed by atoms with Gasteiger partial charge in [-0.05, 0) is 36.2 Å². The highest BCUT2D eigenvalue weighted by molar-refractivity contribution is 5.89. The molecule has 0 saturated heterocycles. The molecular formula is C15H17NO. The maximum atomic E-state index is 5.06. The number of fused-ring (bicyclic) bond motifs is 1. The SMILES string of the molecule is CCc1cccc(OC)c1.c1ccc2c(c1)N2. The molecule has 2 nitrogen and oxygen atoms in total. The Balaban J connectivity index is 0.000000134. The van der Waals surface area contributed by atoms with Crippen molar-refractivity contribution in [2.75, 3.05) is 12.4 Å². The highest BCUT2D eigenvalue weighted by atomic mass is 16.5. The van der Waals surface area contributed by atoms with Crippen LogP contribution in [-0.4, -0.2) is 7.11 Å². The number of hydrogen-bond acceptors (Lipinski definition) is 2. The van der Waals surface area contributed by atoms with Crippen LogP contribution in [0.5, 0.6) is 5.75 Å². The first kappa shape index (κ1) is 11.5. The molecule has 0 amide bonds. The molecule has 0 bridgehead atoms. The van der Waals surface area contributed by atoms with Gasteiger partial charge in [0.25, 0.3) is 0 Å². The number of ether oxygens (including phenoxy) is 1. The van der Waals surface area contributed by atoms with Crippen LogP contribution in [0.2, 0.25) is 0 Å². The number of methoxy groups -OCH3 is 1. The van der Waals surface area contributed by atoms with E-state index in [4.69, 9.17) is 4.74 Å². The van der Waals surface area contributed by atoms with Gasteiger partial charge in [-0.1, -0.05) is 31.2 Å². The standard InChI is InChI=1S/C9H12O.C6H5N/c1-3-8-5-4-6-9(7-8)10-2;1-2-4-6-5(3-1)7-6/h4-7H,3H2,1-2H3;1-4,7H. The summed E-state index contributed by atoms with van der Waals surface area (Å²) >= 11 is 0.